The number of thioether (sulfide) groups is 1. The van der Waals surface area contributed by atoms with E-state index in [1.54, 1.807) is 23.9 Å². The zero-order chi connectivity index (χ0) is 23.4. The first-order valence-electron chi connectivity index (χ1n) is 11.5. The zero-order valence-electron chi connectivity index (χ0n) is 18.3. The lowest BCUT2D eigenvalue weighted by atomic mass is 9.97. The van der Waals surface area contributed by atoms with Crippen molar-refractivity contribution in [3.63, 3.8) is 0 Å². The number of hydrogen-bond acceptors (Lipinski definition) is 8. The van der Waals surface area contributed by atoms with Gasteiger partial charge in [-0.1, -0.05) is 25.3 Å². The summed E-state index contributed by atoms with van der Waals surface area (Å²) in [6, 6.07) is 4.16. The van der Waals surface area contributed by atoms with Crippen molar-refractivity contribution in [3.05, 3.63) is 35.6 Å². The second-order valence-corrected chi connectivity index (χ2v) is 10.1. The third kappa shape index (κ3) is 5.86. The van der Waals surface area contributed by atoms with Crippen LogP contribution in [0, 0.1) is 5.82 Å². The van der Waals surface area contributed by atoms with Gasteiger partial charge in [0.05, 0.1) is 19.3 Å². The van der Waals surface area contributed by atoms with Crippen molar-refractivity contribution in [1.29, 1.82) is 0 Å². The second-order valence-electron chi connectivity index (χ2n) is 8.73. The van der Waals surface area contributed by atoms with E-state index in [-0.39, 0.29) is 12.5 Å². The molecule has 4 N–H and O–H groups in total. The Hall–Kier alpha value is -1.72. The van der Waals surface area contributed by atoms with Crippen LogP contribution in [0.5, 0.6) is 0 Å². The van der Waals surface area contributed by atoms with Crippen molar-refractivity contribution in [2.24, 2.45) is 4.99 Å². The fraction of sp³-hybridized carbons (Fsp3) is 0.652. The van der Waals surface area contributed by atoms with Gasteiger partial charge >= 0.3 is 0 Å². The number of nitrogens with one attached hydrogen (secondary N) is 1. The number of amides is 1. The molecule has 1 saturated carbocycles. The van der Waals surface area contributed by atoms with Crippen LogP contribution in [0.3, 0.4) is 0 Å². The summed E-state index contributed by atoms with van der Waals surface area (Å²) < 4.78 is 25.0. The Balaban J connectivity index is 1.48. The Morgan fingerprint density at radius 3 is 2.70 bits per heavy atom. The number of benzene rings is 1. The number of carbonyl (C=O) groups is 1. The molecular weight excluding hydrogens is 451 g/mol. The fourth-order valence-corrected chi connectivity index (χ4v) is 6.07. The van der Waals surface area contributed by atoms with Gasteiger partial charge in [0, 0.05) is 17.2 Å². The van der Waals surface area contributed by atoms with Crippen LogP contribution < -0.4 is 5.32 Å². The normalized spacial score (nSPS) is 33.2. The molecular formula is C23H31FN2O6S. The molecule has 1 saturated heterocycles. The summed E-state index contributed by atoms with van der Waals surface area (Å²) >= 11 is 1.54. The summed E-state index contributed by atoms with van der Waals surface area (Å²) in [4.78, 5) is 17.5. The van der Waals surface area contributed by atoms with Crippen molar-refractivity contribution in [3.8, 4) is 0 Å². The Bertz CT molecular complexity index is 852. The van der Waals surface area contributed by atoms with Gasteiger partial charge in [0.25, 0.3) is 0 Å². The predicted molar refractivity (Wildman–Crippen MR) is 121 cm³/mol. The zero-order valence-corrected chi connectivity index (χ0v) is 19.1. The Kier molecular flexibility index (Phi) is 8.24. The number of rotatable bonds is 6. The highest BCUT2D eigenvalue weighted by molar-refractivity contribution is 8.00. The van der Waals surface area contributed by atoms with Crippen molar-refractivity contribution >= 4 is 23.6 Å². The summed E-state index contributed by atoms with van der Waals surface area (Å²) in [5, 5.41) is 33.9. The molecule has 2 fully saturated rings. The average molecular weight is 483 g/mol. The van der Waals surface area contributed by atoms with Crippen LogP contribution in [0.15, 0.2) is 29.3 Å². The molecule has 2 heterocycles. The van der Waals surface area contributed by atoms with Crippen molar-refractivity contribution < 1.29 is 34.0 Å². The lowest BCUT2D eigenvalue weighted by Gasteiger charge is -2.44. The van der Waals surface area contributed by atoms with E-state index in [1.807, 2.05) is 0 Å². The number of aliphatic hydroxyl groups is 3. The Morgan fingerprint density at radius 1 is 1.18 bits per heavy atom. The third-order valence-electron chi connectivity index (χ3n) is 6.35. The molecule has 0 spiro atoms. The number of halogens is 1. The van der Waals surface area contributed by atoms with Crippen LogP contribution in [0.2, 0.25) is 0 Å². The number of aliphatic hydroxyl groups excluding tert-OH is 3. The monoisotopic (exact) mass is 482 g/mol. The topological polar surface area (TPSA) is 121 Å². The smallest absolute Gasteiger partial charge is 0.245 e. The quantitative estimate of drug-likeness (QED) is 0.483. The van der Waals surface area contributed by atoms with E-state index in [2.05, 4.69) is 10.3 Å². The van der Waals surface area contributed by atoms with Crippen LogP contribution in [0.1, 0.15) is 44.1 Å². The maximum atomic E-state index is 13.6. The lowest BCUT2D eigenvalue weighted by molar-refractivity contribution is -0.174. The maximum absolute atomic E-state index is 13.6. The van der Waals surface area contributed by atoms with Gasteiger partial charge in [0.2, 0.25) is 11.8 Å². The van der Waals surface area contributed by atoms with Crippen LogP contribution >= 0.6 is 11.8 Å². The number of nitrogens with zero attached hydrogens (tertiary/aromatic N) is 1. The highest BCUT2D eigenvalue weighted by Gasteiger charge is 2.46. The van der Waals surface area contributed by atoms with E-state index in [9.17, 15) is 24.5 Å². The van der Waals surface area contributed by atoms with Crippen molar-refractivity contribution in [2.45, 2.75) is 79.6 Å². The van der Waals surface area contributed by atoms with E-state index >= 15 is 0 Å². The molecule has 2 aliphatic heterocycles. The molecule has 182 valence electrons. The maximum Gasteiger partial charge on any atom is 0.245 e. The molecule has 1 amide bonds. The molecule has 0 radical (unpaired) electrons. The molecule has 0 aromatic heterocycles. The van der Waals surface area contributed by atoms with Gasteiger partial charge in [0.15, 0.2) is 0 Å². The summed E-state index contributed by atoms with van der Waals surface area (Å²) in [5.41, 5.74) is -0.167. The average Bonchev–Trinajstić information content (AvgIpc) is 2.84. The van der Waals surface area contributed by atoms with Gasteiger partial charge < -0.3 is 30.1 Å². The summed E-state index contributed by atoms with van der Waals surface area (Å²) in [7, 11) is 0. The Morgan fingerprint density at radius 2 is 1.97 bits per heavy atom. The van der Waals surface area contributed by atoms with Gasteiger partial charge in [-0.15, -0.1) is 11.8 Å². The molecule has 0 bridgehead atoms. The minimum absolute atomic E-state index is 0.190. The molecule has 1 aromatic rings. The molecule has 1 unspecified atom stereocenters. The highest BCUT2D eigenvalue weighted by atomic mass is 32.2. The first kappa shape index (κ1) is 24.4. The number of hydrogen-bond donors (Lipinski definition) is 4. The van der Waals surface area contributed by atoms with E-state index in [1.165, 1.54) is 18.6 Å². The van der Waals surface area contributed by atoms with E-state index in [4.69, 9.17) is 9.47 Å². The molecule has 3 aliphatic rings. The van der Waals surface area contributed by atoms with Crippen LogP contribution in [0.25, 0.3) is 0 Å². The minimum Gasteiger partial charge on any atom is -0.477 e. The van der Waals surface area contributed by atoms with Crippen LogP contribution in [-0.4, -0.2) is 81.4 Å². The van der Waals surface area contributed by atoms with Gasteiger partial charge in [-0.05, 0) is 31.0 Å². The number of ether oxygens (including phenoxy) is 2. The Labute approximate surface area is 196 Å². The third-order valence-corrected chi connectivity index (χ3v) is 7.87. The standard InChI is InChI=1S/C23H31FN2O6S/c24-14-6-4-5-13(11-14)22-25-16(9-10-31-22)21(30)26-18-20(29)19(28)17(12-27)32-23(18)33-15-7-2-1-3-8-15/h4-6,11,15-20,23,27-29H,1-3,7-10,12H2,(H,26,30)/t16?,17-,18-,19-,20-,23-/m1/s1. The number of aliphatic imine (C=N–C) groups is 1. The predicted octanol–water partition coefficient (Wildman–Crippen LogP) is 1.35. The van der Waals surface area contributed by atoms with E-state index in [0.29, 0.717) is 17.2 Å². The summed E-state index contributed by atoms with van der Waals surface area (Å²) in [6.45, 7) is -0.186. The highest BCUT2D eigenvalue weighted by Crippen LogP contribution is 2.37. The summed E-state index contributed by atoms with van der Waals surface area (Å²) in [6.07, 6.45) is 2.26. The molecule has 4 rings (SSSR count). The van der Waals surface area contributed by atoms with E-state index in [0.717, 1.165) is 25.7 Å². The first-order chi connectivity index (χ1) is 16.0. The van der Waals surface area contributed by atoms with Crippen molar-refractivity contribution in [1.82, 2.24) is 5.32 Å². The fourth-order valence-electron chi connectivity index (χ4n) is 4.48. The molecule has 8 nitrogen and oxygen atoms in total. The summed E-state index contributed by atoms with van der Waals surface area (Å²) in [5.74, 6) is -0.665. The minimum atomic E-state index is -1.33. The van der Waals surface area contributed by atoms with Crippen LogP contribution in [0.4, 0.5) is 4.39 Å². The van der Waals surface area contributed by atoms with Crippen molar-refractivity contribution in [2.75, 3.05) is 13.2 Å². The van der Waals surface area contributed by atoms with Crippen LogP contribution in [-0.2, 0) is 14.3 Å². The van der Waals surface area contributed by atoms with Gasteiger partial charge in [-0.2, -0.15) is 0 Å². The molecule has 6 atom stereocenters. The molecule has 1 aliphatic carbocycles. The van der Waals surface area contributed by atoms with E-state index < -0.39 is 54.2 Å². The first-order valence-corrected chi connectivity index (χ1v) is 12.5. The molecule has 10 heteroatoms. The van der Waals surface area contributed by atoms with Gasteiger partial charge in [-0.3, -0.25) is 4.79 Å². The largest absolute Gasteiger partial charge is 0.477 e. The van der Waals surface area contributed by atoms with Gasteiger partial charge in [-0.25, -0.2) is 9.38 Å². The second kappa shape index (κ2) is 11.1. The number of carbonyl (C=O) groups excluding carboxylic acids is 1. The lowest BCUT2D eigenvalue weighted by Crippen LogP contribution is -2.64. The molecule has 33 heavy (non-hydrogen) atoms. The van der Waals surface area contributed by atoms with Gasteiger partial charge in [0.1, 0.15) is 35.6 Å². The molecule has 1 aromatic carbocycles. The SMILES string of the molecule is O=C(N[C@@H]1[C@@H](O)[C@H](O)[C@@H](CO)O[C@@H]1SC1CCCCC1)C1CCOC(c2cccc(F)c2)=N1.